The van der Waals surface area contributed by atoms with Gasteiger partial charge in [-0.25, -0.2) is 4.39 Å². The lowest BCUT2D eigenvalue weighted by molar-refractivity contribution is 0.258. The minimum Gasteiger partial charge on any atom is -0.321 e. The summed E-state index contributed by atoms with van der Waals surface area (Å²) in [6.07, 6.45) is 9.78. The van der Waals surface area contributed by atoms with Crippen LogP contribution in [0, 0.1) is 11.7 Å². The fourth-order valence-electron chi connectivity index (χ4n) is 3.87. The standard InChI is InChI=1S/C16H22FN/c17-14-6-7-15-13(10-14)8-9-16(15,18)11-12-4-2-1-3-5-12/h6-7,10,12H,1-5,8-9,11,18H2. The highest BCUT2D eigenvalue weighted by molar-refractivity contribution is 5.38. The van der Waals surface area contributed by atoms with E-state index in [2.05, 4.69) is 0 Å². The van der Waals surface area contributed by atoms with E-state index in [1.165, 1.54) is 37.7 Å². The predicted octanol–water partition coefficient (Wildman–Crippen LogP) is 3.90. The molecule has 0 aromatic heterocycles. The third-order valence-corrected chi connectivity index (χ3v) is 4.82. The minimum absolute atomic E-state index is 0.129. The molecule has 3 rings (SSSR count). The van der Waals surface area contributed by atoms with Crippen LogP contribution in [0.25, 0.3) is 0 Å². The molecule has 2 aliphatic carbocycles. The molecule has 2 heteroatoms. The van der Waals surface area contributed by atoms with Crippen LogP contribution in [-0.4, -0.2) is 0 Å². The fourth-order valence-corrected chi connectivity index (χ4v) is 3.87. The van der Waals surface area contributed by atoms with Crippen molar-refractivity contribution in [3.8, 4) is 0 Å². The van der Waals surface area contributed by atoms with Crippen LogP contribution in [0.1, 0.15) is 56.1 Å². The highest BCUT2D eigenvalue weighted by atomic mass is 19.1. The van der Waals surface area contributed by atoms with Crippen LogP contribution in [-0.2, 0) is 12.0 Å². The molecule has 1 aromatic carbocycles. The van der Waals surface area contributed by atoms with Crippen LogP contribution in [0.2, 0.25) is 0 Å². The number of nitrogens with two attached hydrogens (primary N) is 1. The van der Waals surface area contributed by atoms with Crippen molar-refractivity contribution in [1.82, 2.24) is 0 Å². The van der Waals surface area contributed by atoms with Gasteiger partial charge < -0.3 is 5.73 Å². The molecule has 98 valence electrons. The highest BCUT2D eigenvalue weighted by Crippen LogP contribution is 2.42. The molecule has 0 amide bonds. The smallest absolute Gasteiger partial charge is 0.123 e. The summed E-state index contributed by atoms with van der Waals surface area (Å²) >= 11 is 0. The van der Waals surface area contributed by atoms with Crippen molar-refractivity contribution in [3.05, 3.63) is 35.1 Å². The minimum atomic E-state index is -0.189. The first kappa shape index (κ1) is 12.2. The van der Waals surface area contributed by atoms with E-state index >= 15 is 0 Å². The summed E-state index contributed by atoms with van der Waals surface area (Å²) in [7, 11) is 0. The number of rotatable bonds is 2. The molecule has 0 heterocycles. The van der Waals surface area contributed by atoms with Gasteiger partial charge in [-0.3, -0.25) is 0 Å². The summed E-state index contributed by atoms with van der Waals surface area (Å²) in [5.74, 6) is 0.649. The van der Waals surface area contributed by atoms with E-state index in [1.807, 2.05) is 6.07 Å². The van der Waals surface area contributed by atoms with Crippen molar-refractivity contribution in [2.45, 2.75) is 56.9 Å². The second-order valence-electron chi connectivity index (χ2n) is 6.17. The Labute approximate surface area is 109 Å². The first-order valence-electron chi connectivity index (χ1n) is 7.25. The van der Waals surface area contributed by atoms with Gasteiger partial charge in [-0.2, -0.15) is 0 Å². The molecular weight excluding hydrogens is 225 g/mol. The lowest BCUT2D eigenvalue weighted by atomic mass is 9.77. The Bertz CT molecular complexity index is 437. The number of hydrogen-bond acceptors (Lipinski definition) is 1. The van der Waals surface area contributed by atoms with Crippen LogP contribution in [0.5, 0.6) is 0 Å². The molecule has 1 nitrogen and oxygen atoms in total. The van der Waals surface area contributed by atoms with Crippen molar-refractivity contribution in [2.24, 2.45) is 11.7 Å². The first-order valence-corrected chi connectivity index (χ1v) is 7.25. The van der Waals surface area contributed by atoms with Gasteiger partial charge in [0.2, 0.25) is 0 Å². The summed E-state index contributed by atoms with van der Waals surface area (Å²) in [5.41, 5.74) is 8.78. The molecule has 1 unspecified atom stereocenters. The number of halogens is 1. The molecule has 2 N–H and O–H groups in total. The number of hydrogen-bond donors (Lipinski definition) is 1. The maximum Gasteiger partial charge on any atom is 0.123 e. The lowest BCUT2D eigenvalue weighted by Crippen LogP contribution is -2.36. The summed E-state index contributed by atoms with van der Waals surface area (Å²) in [5, 5.41) is 0. The maximum absolute atomic E-state index is 13.2. The van der Waals surface area contributed by atoms with Crippen molar-refractivity contribution in [2.75, 3.05) is 0 Å². The van der Waals surface area contributed by atoms with E-state index in [0.717, 1.165) is 30.7 Å². The fraction of sp³-hybridized carbons (Fsp3) is 0.625. The molecule has 18 heavy (non-hydrogen) atoms. The molecule has 0 saturated heterocycles. The van der Waals surface area contributed by atoms with Gasteiger partial charge >= 0.3 is 0 Å². The number of benzene rings is 1. The average Bonchev–Trinajstić information content (AvgIpc) is 2.67. The van der Waals surface area contributed by atoms with Crippen molar-refractivity contribution in [3.63, 3.8) is 0 Å². The normalized spacial score (nSPS) is 28.3. The van der Waals surface area contributed by atoms with E-state index in [0.29, 0.717) is 0 Å². The van der Waals surface area contributed by atoms with E-state index in [4.69, 9.17) is 5.73 Å². The van der Waals surface area contributed by atoms with Crippen molar-refractivity contribution in [1.29, 1.82) is 0 Å². The van der Waals surface area contributed by atoms with Crippen molar-refractivity contribution >= 4 is 0 Å². The summed E-state index contributed by atoms with van der Waals surface area (Å²) in [6.45, 7) is 0. The van der Waals surface area contributed by atoms with Gasteiger partial charge in [-0.1, -0.05) is 38.2 Å². The molecule has 0 spiro atoms. The molecule has 2 aliphatic rings. The van der Waals surface area contributed by atoms with Crippen LogP contribution in [0.3, 0.4) is 0 Å². The van der Waals surface area contributed by atoms with Gasteiger partial charge in [0.25, 0.3) is 0 Å². The number of aryl methyl sites for hydroxylation is 1. The molecule has 1 saturated carbocycles. The maximum atomic E-state index is 13.2. The Morgan fingerprint density at radius 1 is 1.22 bits per heavy atom. The second-order valence-corrected chi connectivity index (χ2v) is 6.17. The zero-order valence-electron chi connectivity index (χ0n) is 10.9. The van der Waals surface area contributed by atoms with E-state index in [1.54, 1.807) is 12.1 Å². The topological polar surface area (TPSA) is 26.0 Å². The highest BCUT2D eigenvalue weighted by Gasteiger charge is 2.37. The molecule has 0 aliphatic heterocycles. The zero-order valence-corrected chi connectivity index (χ0v) is 10.9. The van der Waals surface area contributed by atoms with Gasteiger partial charge in [0.15, 0.2) is 0 Å². The largest absolute Gasteiger partial charge is 0.321 e. The van der Waals surface area contributed by atoms with Crippen molar-refractivity contribution < 1.29 is 4.39 Å². The Morgan fingerprint density at radius 2 is 2.00 bits per heavy atom. The SMILES string of the molecule is NC1(CC2CCCCC2)CCc2cc(F)ccc21. The summed E-state index contributed by atoms with van der Waals surface area (Å²) in [4.78, 5) is 0. The van der Waals surface area contributed by atoms with Gasteiger partial charge in [0.1, 0.15) is 5.82 Å². The third-order valence-electron chi connectivity index (χ3n) is 4.82. The molecule has 1 atom stereocenters. The third kappa shape index (κ3) is 2.18. The quantitative estimate of drug-likeness (QED) is 0.842. The van der Waals surface area contributed by atoms with Gasteiger partial charge in [-0.05, 0) is 48.4 Å². The lowest BCUT2D eigenvalue weighted by Gasteiger charge is -2.32. The molecule has 1 fully saturated rings. The first-order chi connectivity index (χ1) is 8.67. The molecule has 0 radical (unpaired) electrons. The second kappa shape index (κ2) is 4.65. The predicted molar refractivity (Wildman–Crippen MR) is 71.8 cm³/mol. The summed E-state index contributed by atoms with van der Waals surface area (Å²) < 4.78 is 13.2. The number of fused-ring (bicyclic) bond motifs is 1. The van der Waals surface area contributed by atoms with Gasteiger partial charge in [-0.15, -0.1) is 0 Å². The Kier molecular flexibility index (Phi) is 3.14. The van der Waals surface area contributed by atoms with Gasteiger partial charge in [0.05, 0.1) is 0 Å². The molecular formula is C16H22FN. The van der Waals surface area contributed by atoms with E-state index < -0.39 is 0 Å². The monoisotopic (exact) mass is 247 g/mol. The van der Waals surface area contributed by atoms with E-state index in [9.17, 15) is 4.39 Å². The van der Waals surface area contributed by atoms with E-state index in [-0.39, 0.29) is 11.4 Å². The summed E-state index contributed by atoms with van der Waals surface area (Å²) in [6, 6.07) is 5.15. The van der Waals surface area contributed by atoms with Crippen LogP contribution in [0.15, 0.2) is 18.2 Å². The van der Waals surface area contributed by atoms with Crippen LogP contribution in [0.4, 0.5) is 4.39 Å². The zero-order chi connectivity index (χ0) is 12.6. The average molecular weight is 247 g/mol. The Morgan fingerprint density at radius 3 is 2.78 bits per heavy atom. The Hall–Kier alpha value is -0.890. The molecule has 0 bridgehead atoms. The van der Waals surface area contributed by atoms with Crippen LogP contribution >= 0.6 is 0 Å². The van der Waals surface area contributed by atoms with Crippen LogP contribution < -0.4 is 5.73 Å². The van der Waals surface area contributed by atoms with Gasteiger partial charge in [0, 0.05) is 5.54 Å². The Balaban J connectivity index is 1.80. The molecule has 1 aromatic rings.